The molecule has 2 rings (SSSR count). The highest BCUT2D eigenvalue weighted by molar-refractivity contribution is 5.75. The van der Waals surface area contributed by atoms with Gasteiger partial charge in [0.15, 0.2) is 0 Å². The molecule has 1 fully saturated rings. The fourth-order valence-corrected chi connectivity index (χ4v) is 2.31. The summed E-state index contributed by atoms with van der Waals surface area (Å²) in [6.45, 7) is 1.76. The Morgan fingerprint density at radius 3 is 2.41 bits per heavy atom. The van der Waals surface area contributed by atoms with Crippen LogP contribution in [0.15, 0.2) is 18.2 Å². The topological polar surface area (TPSA) is 72.4 Å². The lowest BCUT2D eigenvalue weighted by Gasteiger charge is -2.22. The fourth-order valence-electron chi connectivity index (χ4n) is 2.31. The number of nitrogen functional groups attached to an aromatic ring is 1. The highest BCUT2D eigenvalue weighted by Crippen LogP contribution is 2.34. The van der Waals surface area contributed by atoms with Crippen LogP contribution in [0.1, 0.15) is 25.7 Å². The number of rotatable bonds is 2. The van der Waals surface area contributed by atoms with E-state index in [2.05, 4.69) is 4.90 Å². The van der Waals surface area contributed by atoms with E-state index in [1.165, 1.54) is 12.8 Å². The number of hydrogen-bond acceptors (Lipinski definition) is 4. The molecular weight excluding hydrogens is 218 g/mol. The highest BCUT2D eigenvalue weighted by Gasteiger charge is 2.22. The van der Waals surface area contributed by atoms with Crippen LogP contribution in [0, 0.1) is 10.1 Å². The number of anilines is 2. The lowest BCUT2D eigenvalue weighted by Crippen LogP contribution is -2.24. The summed E-state index contributed by atoms with van der Waals surface area (Å²) in [7, 11) is 0. The number of benzene rings is 1. The van der Waals surface area contributed by atoms with Gasteiger partial charge >= 0.3 is 5.69 Å². The standard InChI is InChI=1S/C12H17N3O2/c13-10-6-5-7-11(12(10)15(16)17)14-8-3-1-2-4-9-14/h5-7H,1-4,8-9,13H2. The van der Waals surface area contributed by atoms with Crippen molar-refractivity contribution in [2.24, 2.45) is 0 Å². The number of nitrogens with two attached hydrogens (primary N) is 1. The van der Waals surface area contributed by atoms with E-state index in [0.717, 1.165) is 25.9 Å². The molecule has 1 aliphatic heterocycles. The SMILES string of the molecule is Nc1cccc(N2CCCCCC2)c1[N+](=O)[O-]. The summed E-state index contributed by atoms with van der Waals surface area (Å²) in [6.07, 6.45) is 4.58. The average molecular weight is 235 g/mol. The molecule has 0 spiro atoms. The Hall–Kier alpha value is -1.78. The molecule has 2 N–H and O–H groups in total. The van der Waals surface area contributed by atoms with Crippen LogP contribution < -0.4 is 10.6 Å². The Labute approximate surface area is 100 Å². The average Bonchev–Trinajstić information content (AvgIpc) is 2.56. The van der Waals surface area contributed by atoms with Crippen LogP contribution >= 0.6 is 0 Å². The van der Waals surface area contributed by atoms with E-state index in [1.54, 1.807) is 18.2 Å². The van der Waals surface area contributed by atoms with Gasteiger partial charge in [-0.3, -0.25) is 10.1 Å². The van der Waals surface area contributed by atoms with Gasteiger partial charge < -0.3 is 10.6 Å². The van der Waals surface area contributed by atoms with Gasteiger partial charge in [0.25, 0.3) is 0 Å². The molecule has 92 valence electrons. The molecule has 0 unspecified atom stereocenters. The Balaban J connectivity index is 2.36. The summed E-state index contributed by atoms with van der Waals surface area (Å²) in [5.41, 5.74) is 6.66. The second-order valence-electron chi connectivity index (χ2n) is 4.37. The van der Waals surface area contributed by atoms with E-state index >= 15 is 0 Å². The van der Waals surface area contributed by atoms with Crippen LogP contribution in [-0.4, -0.2) is 18.0 Å². The molecule has 1 aromatic rings. The zero-order valence-electron chi connectivity index (χ0n) is 9.76. The van der Waals surface area contributed by atoms with Gasteiger partial charge in [0.1, 0.15) is 11.4 Å². The minimum absolute atomic E-state index is 0.0504. The molecule has 1 aromatic carbocycles. The summed E-state index contributed by atoms with van der Waals surface area (Å²) < 4.78 is 0. The zero-order chi connectivity index (χ0) is 12.3. The van der Waals surface area contributed by atoms with Gasteiger partial charge in [0.05, 0.1) is 4.92 Å². The second-order valence-corrected chi connectivity index (χ2v) is 4.37. The monoisotopic (exact) mass is 235 g/mol. The fraction of sp³-hybridized carbons (Fsp3) is 0.500. The third kappa shape index (κ3) is 2.49. The number of para-hydroxylation sites is 1. The van der Waals surface area contributed by atoms with Gasteiger partial charge in [0, 0.05) is 13.1 Å². The molecule has 1 aliphatic rings. The lowest BCUT2D eigenvalue weighted by atomic mass is 10.2. The first kappa shape index (κ1) is 11.7. The molecule has 0 saturated carbocycles. The summed E-state index contributed by atoms with van der Waals surface area (Å²) >= 11 is 0. The van der Waals surface area contributed by atoms with Crippen LogP contribution in [0.2, 0.25) is 0 Å². The van der Waals surface area contributed by atoms with E-state index in [-0.39, 0.29) is 16.3 Å². The van der Waals surface area contributed by atoms with E-state index in [1.807, 2.05) is 0 Å². The summed E-state index contributed by atoms with van der Waals surface area (Å²) in [5.74, 6) is 0. The minimum atomic E-state index is -0.379. The Morgan fingerprint density at radius 1 is 1.18 bits per heavy atom. The molecule has 5 nitrogen and oxygen atoms in total. The number of nitro groups is 1. The van der Waals surface area contributed by atoms with E-state index in [4.69, 9.17) is 5.73 Å². The molecule has 0 aromatic heterocycles. The predicted molar refractivity (Wildman–Crippen MR) is 68.2 cm³/mol. The van der Waals surface area contributed by atoms with Crippen molar-refractivity contribution in [1.29, 1.82) is 0 Å². The van der Waals surface area contributed by atoms with Gasteiger partial charge in [-0.25, -0.2) is 0 Å². The minimum Gasteiger partial charge on any atom is -0.393 e. The summed E-state index contributed by atoms with van der Waals surface area (Å²) in [6, 6.07) is 5.15. The number of hydrogen-bond donors (Lipinski definition) is 1. The summed E-state index contributed by atoms with van der Waals surface area (Å²) in [5, 5.41) is 11.1. The van der Waals surface area contributed by atoms with Crippen molar-refractivity contribution < 1.29 is 4.92 Å². The second kappa shape index (κ2) is 5.03. The molecule has 0 bridgehead atoms. The molecule has 0 amide bonds. The maximum Gasteiger partial charge on any atom is 0.315 e. The molecule has 5 heteroatoms. The van der Waals surface area contributed by atoms with Crippen molar-refractivity contribution in [3.8, 4) is 0 Å². The predicted octanol–water partition coefficient (Wildman–Crippen LogP) is 2.56. The highest BCUT2D eigenvalue weighted by atomic mass is 16.6. The zero-order valence-corrected chi connectivity index (χ0v) is 9.76. The Kier molecular flexibility index (Phi) is 3.46. The Morgan fingerprint density at radius 2 is 1.82 bits per heavy atom. The van der Waals surface area contributed by atoms with Crippen molar-refractivity contribution in [1.82, 2.24) is 0 Å². The lowest BCUT2D eigenvalue weighted by molar-refractivity contribution is -0.383. The normalized spacial score (nSPS) is 16.6. The van der Waals surface area contributed by atoms with Crippen LogP contribution in [-0.2, 0) is 0 Å². The van der Waals surface area contributed by atoms with Gasteiger partial charge in [0.2, 0.25) is 0 Å². The molecular formula is C12H17N3O2. The van der Waals surface area contributed by atoms with Crippen LogP contribution in [0.25, 0.3) is 0 Å². The first-order valence-corrected chi connectivity index (χ1v) is 5.98. The largest absolute Gasteiger partial charge is 0.393 e. The van der Waals surface area contributed by atoms with Gasteiger partial charge in [-0.15, -0.1) is 0 Å². The first-order valence-electron chi connectivity index (χ1n) is 5.98. The molecule has 1 saturated heterocycles. The van der Waals surface area contributed by atoms with E-state index in [0.29, 0.717) is 5.69 Å². The van der Waals surface area contributed by atoms with Crippen LogP contribution in [0.4, 0.5) is 17.1 Å². The molecule has 17 heavy (non-hydrogen) atoms. The molecule has 0 atom stereocenters. The molecule has 1 heterocycles. The van der Waals surface area contributed by atoms with E-state index in [9.17, 15) is 10.1 Å². The van der Waals surface area contributed by atoms with Crippen LogP contribution in [0.3, 0.4) is 0 Å². The van der Waals surface area contributed by atoms with Crippen molar-refractivity contribution in [2.45, 2.75) is 25.7 Å². The summed E-state index contributed by atoms with van der Waals surface area (Å²) in [4.78, 5) is 12.8. The van der Waals surface area contributed by atoms with Gasteiger partial charge in [-0.2, -0.15) is 0 Å². The van der Waals surface area contributed by atoms with Crippen LogP contribution in [0.5, 0.6) is 0 Å². The van der Waals surface area contributed by atoms with Crippen molar-refractivity contribution in [3.05, 3.63) is 28.3 Å². The van der Waals surface area contributed by atoms with Gasteiger partial charge in [-0.1, -0.05) is 18.9 Å². The van der Waals surface area contributed by atoms with Crippen molar-refractivity contribution in [2.75, 3.05) is 23.7 Å². The maximum atomic E-state index is 11.1. The van der Waals surface area contributed by atoms with Crippen molar-refractivity contribution >= 4 is 17.1 Å². The number of nitrogens with zero attached hydrogens (tertiary/aromatic N) is 2. The first-order chi connectivity index (χ1) is 8.20. The third-order valence-corrected chi connectivity index (χ3v) is 3.18. The van der Waals surface area contributed by atoms with Crippen molar-refractivity contribution in [3.63, 3.8) is 0 Å². The molecule has 0 aliphatic carbocycles. The smallest absolute Gasteiger partial charge is 0.315 e. The Bertz CT molecular complexity index is 412. The maximum absolute atomic E-state index is 11.1. The number of nitro benzene ring substituents is 1. The third-order valence-electron chi connectivity index (χ3n) is 3.18. The van der Waals surface area contributed by atoms with Gasteiger partial charge in [-0.05, 0) is 25.0 Å². The van der Waals surface area contributed by atoms with E-state index < -0.39 is 0 Å². The quantitative estimate of drug-likeness (QED) is 0.485. The molecule has 0 radical (unpaired) electrons.